The lowest BCUT2D eigenvalue weighted by Crippen LogP contribution is -2.53. The minimum Gasteiger partial charge on any atom is -0.374 e. The third-order valence-electron chi connectivity index (χ3n) is 4.06. The van der Waals surface area contributed by atoms with Gasteiger partial charge in [-0.2, -0.15) is 0 Å². The summed E-state index contributed by atoms with van der Waals surface area (Å²) in [5.41, 5.74) is 0.137. The lowest BCUT2D eigenvalue weighted by molar-refractivity contribution is -0.0915. The summed E-state index contributed by atoms with van der Waals surface area (Å²) >= 11 is 0. The maximum atomic E-state index is 6.22. The van der Waals surface area contributed by atoms with Crippen molar-refractivity contribution in [2.45, 2.75) is 83.8 Å². The molecule has 0 amide bonds. The first-order valence-electron chi connectivity index (χ1n) is 7.66. The number of rotatable bonds is 8. The zero-order valence-electron chi connectivity index (χ0n) is 12.1. The number of likely N-dealkylation sites (N-methyl/N-ethyl adjacent to an activating group) is 1. The second-order valence-electron chi connectivity index (χ2n) is 5.31. The summed E-state index contributed by atoms with van der Waals surface area (Å²) in [6, 6.07) is 0.563. The van der Waals surface area contributed by atoms with Gasteiger partial charge in [0.15, 0.2) is 0 Å². The van der Waals surface area contributed by atoms with Crippen LogP contribution in [-0.2, 0) is 4.74 Å². The monoisotopic (exact) mass is 241 g/mol. The second-order valence-corrected chi connectivity index (χ2v) is 5.31. The molecule has 2 nitrogen and oxygen atoms in total. The van der Waals surface area contributed by atoms with E-state index in [9.17, 15) is 0 Å². The van der Waals surface area contributed by atoms with Crippen LogP contribution >= 0.6 is 0 Å². The fraction of sp³-hybridized carbons (Fsp3) is 1.00. The van der Waals surface area contributed by atoms with Crippen molar-refractivity contribution in [2.75, 3.05) is 13.2 Å². The molecule has 0 aromatic carbocycles. The summed E-state index contributed by atoms with van der Waals surface area (Å²) in [6.45, 7) is 8.54. The van der Waals surface area contributed by atoms with Crippen LogP contribution in [0.5, 0.6) is 0 Å². The van der Waals surface area contributed by atoms with Crippen molar-refractivity contribution in [2.24, 2.45) is 0 Å². The highest BCUT2D eigenvalue weighted by Gasteiger charge is 2.39. The first-order valence-corrected chi connectivity index (χ1v) is 7.66. The maximum absolute atomic E-state index is 6.22. The number of unbranched alkanes of at least 4 members (excludes halogenated alkanes) is 1. The van der Waals surface area contributed by atoms with Gasteiger partial charge in [0.2, 0.25) is 0 Å². The normalized spacial score (nSPS) is 21.4. The molecule has 1 rings (SSSR count). The average Bonchev–Trinajstić information content (AvgIpc) is 2.36. The highest BCUT2D eigenvalue weighted by molar-refractivity contribution is 4.95. The van der Waals surface area contributed by atoms with Crippen molar-refractivity contribution < 1.29 is 4.74 Å². The van der Waals surface area contributed by atoms with E-state index in [1.807, 2.05) is 0 Å². The molecule has 1 aliphatic rings. The Hall–Kier alpha value is -0.0800. The molecule has 17 heavy (non-hydrogen) atoms. The molecule has 2 heteroatoms. The van der Waals surface area contributed by atoms with Gasteiger partial charge in [0.25, 0.3) is 0 Å². The van der Waals surface area contributed by atoms with Crippen LogP contribution in [0.2, 0.25) is 0 Å². The minimum atomic E-state index is 0.137. The van der Waals surface area contributed by atoms with Gasteiger partial charge in [-0.15, -0.1) is 0 Å². The quantitative estimate of drug-likeness (QED) is 0.696. The van der Waals surface area contributed by atoms with Crippen molar-refractivity contribution in [1.82, 2.24) is 5.32 Å². The fourth-order valence-corrected chi connectivity index (χ4v) is 3.24. The molecule has 0 saturated heterocycles. The van der Waals surface area contributed by atoms with Crippen LogP contribution < -0.4 is 5.32 Å². The van der Waals surface area contributed by atoms with Crippen molar-refractivity contribution >= 4 is 0 Å². The number of nitrogens with one attached hydrogen (secondary N) is 1. The van der Waals surface area contributed by atoms with E-state index in [2.05, 4.69) is 26.1 Å². The summed E-state index contributed by atoms with van der Waals surface area (Å²) in [5.74, 6) is 0. The predicted molar refractivity (Wildman–Crippen MR) is 74.4 cm³/mol. The Bertz CT molecular complexity index is 182. The molecular weight excluding hydrogens is 210 g/mol. The van der Waals surface area contributed by atoms with E-state index in [1.165, 1.54) is 51.4 Å². The van der Waals surface area contributed by atoms with E-state index >= 15 is 0 Å². The van der Waals surface area contributed by atoms with E-state index in [0.29, 0.717) is 6.04 Å². The van der Waals surface area contributed by atoms with E-state index in [-0.39, 0.29) is 5.60 Å². The van der Waals surface area contributed by atoms with E-state index < -0.39 is 0 Å². The van der Waals surface area contributed by atoms with Crippen LogP contribution in [0.3, 0.4) is 0 Å². The molecule has 0 bridgehead atoms. The highest BCUT2D eigenvalue weighted by Crippen LogP contribution is 2.36. The molecular formula is C15H31NO. The van der Waals surface area contributed by atoms with E-state index in [0.717, 1.165) is 13.2 Å². The van der Waals surface area contributed by atoms with Crippen molar-refractivity contribution in [3.8, 4) is 0 Å². The van der Waals surface area contributed by atoms with Crippen LogP contribution in [0.25, 0.3) is 0 Å². The third kappa shape index (κ3) is 4.26. The first-order chi connectivity index (χ1) is 8.29. The molecule has 1 aliphatic carbocycles. The molecule has 102 valence electrons. The summed E-state index contributed by atoms with van der Waals surface area (Å²) in [4.78, 5) is 0. The number of hydrogen-bond donors (Lipinski definition) is 1. The van der Waals surface area contributed by atoms with E-state index in [4.69, 9.17) is 4.74 Å². The fourth-order valence-electron chi connectivity index (χ4n) is 3.24. The maximum Gasteiger partial charge on any atom is 0.0834 e. The van der Waals surface area contributed by atoms with Crippen LogP contribution in [0.1, 0.15) is 72.1 Å². The van der Waals surface area contributed by atoms with Gasteiger partial charge >= 0.3 is 0 Å². The molecule has 1 saturated carbocycles. The molecule has 0 radical (unpaired) electrons. The molecule has 0 spiro atoms. The predicted octanol–water partition coefficient (Wildman–Crippen LogP) is 3.89. The van der Waals surface area contributed by atoms with Crippen LogP contribution in [0, 0.1) is 0 Å². The lowest BCUT2D eigenvalue weighted by atomic mass is 9.77. The van der Waals surface area contributed by atoms with Crippen molar-refractivity contribution in [3.63, 3.8) is 0 Å². The Labute approximate surface area is 108 Å². The molecule has 0 aliphatic heterocycles. The van der Waals surface area contributed by atoms with E-state index in [1.54, 1.807) is 0 Å². The highest BCUT2D eigenvalue weighted by atomic mass is 16.5. The molecule has 1 fully saturated rings. The first kappa shape index (κ1) is 15.0. The summed E-state index contributed by atoms with van der Waals surface area (Å²) < 4.78 is 6.22. The van der Waals surface area contributed by atoms with Crippen molar-refractivity contribution in [3.05, 3.63) is 0 Å². The van der Waals surface area contributed by atoms with Gasteiger partial charge in [-0.1, -0.05) is 46.0 Å². The molecule has 1 N–H and O–H groups in total. The largest absolute Gasteiger partial charge is 0.374 e. The molecule has 0 heterocycles. The van der Waals surface area contributed by atoms with Gasteiger partial charge < -0.3 is 10.1 Å². The molecule has 1 atom stereocenters. The third-order valence-corrected chi connectivity index (χ3v) is 4.06. The molecule has 0 aromatic rings. The minimum absolute atomic E-state index is 0.137. The Morgan fingerprint density at radius 3 is 2.35 bits per heavy atom. The smallest absolute Gasteiger partial charge is 0.0834 e. The van der Waals surface area contributed by atoms with Gasteiger partial charge in [-0.05, 0) is 32.7 Å². The summed E-state index contributed by atoms with van der Waals surface area (Å²) in [6.07, 6.45) is 10.4. The number of ether oxygens (including phenoxy) is 1. The molecule has 1 unspecified atom stereocenters. The van der Waals surface area contributed by atoms with Gasteiger partial charge in [0, 0.05) is 12.6 Å². The Morgan fingerprint density at radius 1 is 1.12 bits per heavy atom. The standard InChI is InChI=1S/C15H31NO/c1-4-7-11-14(16-5-2)15(17-6-3)12-9-8-10-13-15/h14,16H,4-13H2,1-3H3. The zero-order valence-corrected chi connectivity index (χ0v) is 12.1. The summed E-state index contributed by atoms with van der Waals surface area (Å²) in [5, 5.41) is 3.69. The topological polar surface area (TPSA) is 21.3 Å². The zero-order chi connectivity index (χ0) is 12.6. The Balaban J connectivity index is 2.67. The van der Waals surface area contributed by atoms with Crippen molar-refractivity contribution in [1.29, 1.82) is 0 Å². The van der Waals surface area contributed by atoms with Gasteiger partial charge in [0.05, 0.1) is 5.60 Å². The average molecular weight is 241 g/mol. The Kier molecular flexibility index (Phi) is 7.14. The van der Waals surface area contributed by atoms with Crippen LogP contribution in [0.4, 0.5) is 0 Å². The molecule has 0 aromatic heterocycles. The van der Waals surface area contributed by atoms with Crippen LogP contribution in [-0.4, -0.2) is 24.8 Å². The Morgan fingerprint density at radius 2 is 1.82 bits per heavy atom. The second kappa shape index (κ2) is 8.10. The van der Waals surface area contributed by atoms with Gasteiger partial charge in [-0.3, -0.25) is 0 Å². The van der Waals surface area contributed by atoms with Gasteiger partial charge in [0.1, 0.15) is 0 Å². The lowest BCUT2D eigenvalue weighted by Gasteiger charge is -2.44. The van der Waals surface area contributed by atoms with Gasteiger partial charge in [-0.25, -0.2) is 0 Å². The van der Waals surface area contributed by atoms with Crippen LogP contribution in [0.15, 0.2) is 0 Å². The number of hydrogen-bond acceptors (Lipinski definition) is 2. The SMILES string of the molecule is CCCCC(NCC)C1(OCC)CCCCC1. The summed E-state index contributed by atoms with van der Waals surface area (Å²) in [7, 11) is 0.